The van der Waals surface area contributed by atoms with E-state index in [2.05, 4.69) is 58.0 Å². The molecular weight excluding hydrogens is 258 g/mol. The SMILES string of the molecule is Cc1ccc(C(C)C)cc1OCC(N)c1ccccc1C. The number of ether oxygens (including phenoxy) is 1. The Labute approximate surface area is 127 Å². The molecule has 0 radical (unpaired) electrons. The fourth-order valence-corrected chi connectivity index (χ4v) is 2.40. The van der Waals surface area contributed by atoms with Crippen LogP contribution in [-0.2, 0) is 0 Å². The molecule has 112 valence electrons. The highest BCUT2D eigenvalue weighted by atomic mass is 16.5. The predicted octanol–water partition coefficient (Wildman–Crippen LogP) is 4.51. The molecule has 0 aliphatic heterocycles. The number of benzene rings is 2. The molecule has 0 fully saturated rings. The minimum absolute atomic E-state index is 0.103. The molecule has 21 heavy (non-hydrogen) atoms. The molecule has 0 saturated carbocycles. The first-order valence-corrected chi connectivity index (χ1v) is 7.53. The Bertz CT molecular complexity index is 604. The van der Waals surface area contributed by atoms with Crippen molar-refractivity contribution in [2.45, 2.75) is 39.7 Å². The largest absolute Gasteiger partial charge is 0.491 e. The molecule has 1 atom stereocenters. The lowest BCUT2D eigenvalue weighted by atomic mass is 10.0. The average molecular weight is 283 g/mol. The van der Waals surface area contributed by atoms with Gasteiger partial charge in [0.2, 0.25) is 0 Å². The molecule has 0 spiro atoms. The molecule has 2 heteroatoms. The van der Waals surface area contributed by atoms with Crippen LogP contribution in [-0.4, -0.2) is 6.61 Å². The van der Waals surface area contributed by atoms with Crippen molar-refractivity contribution in [3.63, 3.8) is 0 Å². The summed E-state index contributed by atoms with van der Waals surface area (Å²) in [6.45, 7) is 9.02. The summed E-state index contributed by atoms with van der Waals surface area (Å²) in [4.78, 5) is 0. The molecule has 0 saturated heterocycles. The molecule has 0 aliphatic rings. The zero-order valence-corrected chi connectivity index (χ0v) is 13.4. The van der Waals surface area contributed by atoms with E-state index in [-0.39, 0.29) is 6.04 Å². The van der Waals surface area contributed by atoms with Crippen LogP contribution in [0.1, 0.15) is 48.1 Å². The molecule has 2 aromatic carbocycles. The molecule has 2 N–H and O–H groups in total. The van der Waals surface area contributed by atoms with E-state index >= 15 is 0 Å². The van der Waals surface area contributed by atoms with Crippen molar-refractivity contribution in [3.05, 3.63) is 64.7 Å². The van der Waals surface area contributed by atoms with E-state index in [9.17, 15) is 0 Å². The van der Waals surface area contributed by atoms with Crippen LogP contribution < -0.4 is 10.5 Å². The van der Waals surface area contributed by atoms with Crippen LogP contribution in [0.2, 0.25) is 0 Å². The highest BCUT2D eigenvalue weighted by Gasteiger charge is 2.11. The van der Waals surface area contributed by atoms with Crippen LogP contribution >= 0.6 is 0 Å². The Morgan fingerprint density at radius 2 is 1.71 bits per heavy atom. The number of aryl methyl sites for hydroxylation is 2. The second-order valence-electron chi connectivity index (χ2n) is 5.95. The molecule has 2 aromatic rings. The molecule has 2 nitrogen and oxygen atoms in total. The topological polar surface area (TPSA) is 35.2 Å². The summed E-state index contributed by atoms with van der Waals surface area (Å²) in [6.07, 6.45) is 0. The smallest absolute Gasteiger partial charge is 0.122 e. The first kappa shape index (κ1) is 15.6. The third-order valence-electron chi connectivity index (χ3n) is 3.89. The third kappa shape index (κ3) is 3.85. The fourth-order valence-electron chi connectivity index (χ4n) is 2.40. The Hall–Kier alpha value is -1.80. The molecule has 0 aromatic heterocycles. The maximum atomic E-state index is 6.27. The van der Waals surface area contributed by atoms with Gasteiger partial charge in [-0.15, -0.1) is 0 Å². The van der Waals surface area contributed by atoms with E-state index < -0.39 is 0 Å². The van der Waals surface area contributed by atoms with E-state index in [1.807, 2.05) is 12.1 Å². The van der Waals surface area contributed by atoms with Crippen molar-refractivity contribution >= 4 is 0 Å². The van der Waals surface area contributed by atoms with Crippen LogP contribution in [0.4, 0.5) is 0 Å². The van der Waals surface area contributed by atoms with Crippen LogP contribution in [0.5, 0.6) is 5.75 Å². The Morgan fingerprint density at radius 1 is 1.00 bits per heavy atom. The summed E-state index contributed by atoms with van der Waals surface area (Å²) in [6, 6.07) is 14.5. The van der Waals surface area contributed by atoms with E-state index in [0.29, 0.717) is 12.5 Å². The number of rotatable bonds is 5. The van der Waals surface area contributed by atoms with Crippen LogP contribution in [0.25, 0.3) is 0 Å². The number of hydrogen-bond acceptors (Lipinski definition) is 2. The van der Waals surface area contributed by atoms with Gasteiger partial charge in [-0.1, -0.05) is 50.2 Å². The Kier molecular flexibility index (Phi) is 5.03. The standard InChI is InChI=1S/C19H25NO/c1-13(2)16-10-9-15(4)19(11-16)21-12-18(20)17-8-6-5-7-14(17)3/h5-11,13,18H,12,20H2,1-4H3. The van der Waals surface area contributed by atoms with E-state index in [0.717, 1.165) is 16.9 Å². The third-order valence-corrected chi connectivity index (χ3v) is 3.89. The maximum absolute atomic E-state index is 6.27. The molecule has 2 rings (SSSR count). The summed E-state index contributed by atoms with van der Waals surface area (Å²) in [7, 11) is 0. The predicted molar refractivity (Wildman–Crippen MR) is 88.9 cm³/mol. The van der Waals surface area contributed by atoms with Gasteiger partial charge in [-0.25, -0.2) is 0 Å². The summed E-state index contributed by atoms with van der Waals surface area (Å²) < 4.78 is 5.97. The van der Waals surface area contributed by atoms with Crippen LogP contribution in [0.3, 0.4) is 0 Å². The average Bonchev–Trinajstić information content (AvgIpc) is 2.46. The molecule has 0 bridgehead atoms. The molecule has 0 amide bonds. The van der Waals surface area contributed by atoms with Gasteiger partial charge in [-0.2, -0.15) is 0 Å². The van der Waals surface area contributed by atoms with Crippen molar-refractivity contribution in [1.82, 2.24) is 0 Å². The van der Waals surface area contributed by atoms with Gasteiger partial charge in [0.05, 0.1) is 6.04 Å². The minimum atomic E-state index is -0.103. The lowest BCUT2D eigenvalue weighted by Gasteiger charge is -2.18. The Morgan fingerprint density at radius 3 is 2.38 bits per heavy atom. The zero-order chi connectivity index (χ0) is 15.4. The molecule has 0 heterocycles. The fraction of sp³-hybridized carbons (Fsp3) is 0.368. The maximum Gasteiger partial charge on any atom is 0.122 e. The van der Waals surface area contributed by atoms with Crippen LogP contribution in [0, 0.1) is 13.8 Å². The number of hydrogen-bond donors (Lipinski definition) is 1. The Balaban J connectivity index is 2.09. The molecular formula is C19H25NO. The van der Waals surface area contributed by atoms with Gasteiger partial charge in [-0.3, -0.25) is 0 Å². The molecule has 1 unspecified atom stereocenters. The van der Waals surface area contributed by atoms with Crippen molar-refractivity contribution < 1.29 is 4.74 Å². The monoisotopic (exact) mass is 283 g/mol. The van der Waals surface area contributed by atoms with Gasteiger partial charge in [0.25, 0.3) is 0 Å². The highest BCUT2D eigenvalue weighted by Crippen LogP contribution is 2.25. The van der Waals surface area contributed by atoms with E-state index in [1.54, 1.807) is 0 Å². The first-order chi connectivity index (χ1) is 9.99. The summed E-state index contributed by atoms with van der Waals surface area (Å²) in [5, 5.41) is 0. The first-order valence-electron chi connectivity index (χ1n) is 7.53. The van der Waals surface area contributed by atoms with Crippen molar-refractivity contribution in [3.8, 4) is 5.75 Å². The summed E-state index contributed by atoms with van der Waals surface area (Å²) in [5.41, 5.74) is 11.1. The quantitative estimate of drug-likeness (QED) is 0.876. The number of nitrogens with two attached hydrogens (primary N) is 1. The van der Waals surface area contributed by atoms with Gasteiger partial charge in [-0.05, 0) is 48.1 Å². The van der Waals surface area contributed by atoms with Gasteiger partial charge >= 0.3 is 0 Å². The van der Waals surface area contributed by atoms with Gasteiger partial charge < -0.3 is 10.5 Å². The van der Waals surface area contributed by atoms with Gasteiger partial charge in [0.1, 0.15) is 12.4 Å². The van der Waals surface area contributed by atoms with Gasteiger partial charge in [0.15, 0.2) is 0 Å². The summed E-state index contributed by atoms with van der Waals surface area (Å²) in [5.74, 6) is 1.43. The van der Waals surface area contributed by atoms with E-state index in [1.165, 1.54) is 11.1 Å². The van der Waals surface area contributed by atoms with E-state index in [4.69, 9.17) is 10.5 Å². The second kappa shape index (κ2) is 6.77. The minimum Gasteiger partial charge on any atom is -0.491 e. The lowest BCUT2D eigenvalue weighted by molar-refractivity contribution is 0.288. The van der Waals surface area contributed by atoms with Crippen molar-refractivity contribution in [2.24, 2.45) is 5.73 Å². The van der Waals surface area contributed by atoms with Crippen molar-refractivity contribution in [1.29, 1.82) is 0 Å². The second-order valence-corrected chi connectivity index (χ2v) is 5.95. The zero-order valence-electron chi connectivity index (χ0n) is 13.4. The van der Waals surface area contributed by atoms with Crippen LogP contribution in [0.15, 0.2) is 42.5 Å². The van der Waals surface area contributed by atoms with Gasteiger partial charge in [0, 0.05) is 0 Å². The highest BCUT2D eigenvalue weighted by molar-refractivity contribution is 5.38. The summed E-state index contributed by atoms with van der Waals surface area (Å²) >= 11 is 0. The van der Waals surface area contributed by atoms with Crippen molar-refractivity contribution in [2.75, 3.05) is 6.61 Å². The normalized spacial score (nSPS) is 12.5. The molecule has 0 aliphatic carbocycles. The lowest BCUT2D eigenvalue weighted by Crippen LogP contribution is -2.20.